The highest BCUT2D eigenvalue weighted by Crippen LogP contribution is 2.20. The van der Waals surface area contributed by atoms with Crippen molar-refractivity contribution in [2.24, 2.45) is 0 Å². The van der Waals surface area contributed by atoms with E-state index in [1.807, 2.05) is 23.6 Å². The number of carboxylic acids is 1. The fourth-order valence-electron chi connectivity index (χ4n) is 1.22. The Morgan fingerprint density at radius 2 is 2.36 bits per heavy atom. The second-order valence-electron chi connectivity index (χ2n) is 2.77. The van der Waals surface area contributed by atoms with Crippen molar-refractivity contribution in [3.05, 3.63) is 35.2 Å². The van der Waals surface area contributed by atoms with E-state index < -0.39 is 5.97 Å². The molecule has 0 spiro atoms. The maximum Gasteiger partial charge on any atom is 0.328 e. The first-order chi connectivity index (χ1) is 6.77. The molecule has 1 N–H and O–H groups in total. The molecule has 0 atom stereocenters. The van der Waals surface area contributed by atoms with E-state index in [9.17, 15) is 4.79 Å². The number of aromatic nitrogens is 1. The van der Waals surface area contributed by atoms with E-state index in [-0.39, 0.29) is 0 Å². The molecule has 0 saturated carbocycles. The first-order valence-electron chi connectivity index (χ1n) is 4.01. The van der Waals surface area contributed by atoms with Gasteiger partial charge in [-0.1, -0.05) is 12.1 Å². The largest absolute Gasteiger partial charge is 0.478 e. The van der Waals surface area contributed by atoms with Crippen LogP contribution >= 0.6 is 11.5 Å². The van der Waals surface area contributed by atoms with E-state index in [2.05, 4.69) is 4.37 Å². The van der Waals surface area contributed by atoms with E-state index in [1.165, 1.54) is 11.5 Å². The van der Waals surface area contributed by atoms with Crippen molar-refractivity contribution in [1.82, 2.24) is 4.37 Å². The molecule has 0 radical (unpaired) electrons. The van der Waals surface area contributed by atoms with Gasteiger partial charge in [-0.3, -0.25) is 0 Å². The molecule has 1 aromatic heterocycles. The van der Waals surface area contributed by atoms with Crippen molar-refractivity contribution in [3.8, 4) is 0 Å². The van der Waals surface area contributed by atoms with Gasteiger partial charge in [0.25, 0.3) is 0 Å². The smallest absolute Gasteiger partial charge is 0.328 e. The number of benzene rings is 1. The summed E-state index contributed by atoms with van der Waals surface area (Å²) in [6.07, 6.45) is 2.71. The van der Waals surface area contributed by atoms with Gasteiger partial charge in [0.2, 0.25) is 0 Å². The van der Waals surface area contributed by atoms with E-state index in [4.69, 9.17) is 5.11 Å². The summed E-state index contributed by atoms with van der Waals surface area (Å²) in [6.45, 7) is 0. The van der Waals surface area contributed by atoms with Crippen molar-refractivity contribution >= 4 is 34.5 Å². The Kier molecular flexibility index (Phi) is 2.28. The zero-order chi connectivity index (χ0) is 9.97. The van der Waals surface area contributed by atoms with Gasteiger partial charge in [-0.05, 0) is 29.2 Å². The lowest BCUT2D eigenvalue weighted by Gasteiger charge is -1.93. The van der Waals surface area contributed by atoms with Gasteiger partial charge in [-0.2, -0.15) is 4.37 Å². The van der Waals surface area contributed by atoms with Crippen LogP contribution in [0.1, 0.15) is 5.56 Å². The molecule has 0 bridgehead atoms. The Labute approximate surface area is 84.5 Å². The lowest BCUT2D eigenvalue weighted by Crippen LogP contribution is -1.85. The Bertz CT molecular complexity index is 502. The normalized spacial score (nSPS) is 11.1. The number of nitrogens with zero attached hydrogens (tertiary/aromatic N) is 1. The molecular formula is C10H7NO2S. The second kappa shape index (κ2) is 3.59. The van der Waals surface area contributed by atoms with Crippen LogP contribution in [0.3, 0.4) is 0 Å². The lowest BCUT2D eigenvalue weighted by molar-refractivity contribution is -0.131. The summed E-state index contributed by atoms with van der Waals surface area (Å²) in [7, 11) is 0. The van der Waals surface area contributed by atoms with Crippen LogP contribution in [0.4, 0.5) is 0 Å². The fraction of sp³-hybridized carbons (Fsp3) is 0. The van der Waals surface area contributed by atoms with E-state index in [0.717, 1.165) is 22.5 Å². The monoisotopic (exact) mass is 205 g/mol. The number of hydrogen-bond donors (Lipinski definition) is 1. The quantitative estimate of drug-likeness (QED) is 0.766. The Morgan fingerprint density at radius 3 is 3.14 bits per heavy atom. The van der Waals surface area contributed by atoms with Gasteiger partial charge in [-0.15, -0.1) is 0 Å². The number of fused-ring (bicyclic) bond motifs is 1. The second-order valence-corrected chi connectivity index (χ2v) is 3.40. The van der Waals surface area contributed by atoms with Crippen LogP contribution in [0.25, 0.3) is 17.0 Å². The summed E-state index contributed by atoms with van der Waals surface area (Å²) in [4.78, 5) is 10.3. The predicted octanol–water partition coefficient (Wildman–Crippen LogP) is 2.39. The molecule has 2 aromatic rings. The minimum atomic E-state index is -0.940. The molecule has 3 nitrogen and oxygen atoms in total. The van der Waals surface area contributed by atoms with Crippen LogP contribution in [0.15, 0.2) is 29.7 Å². The molecule has 14 heavy (non-hydrogen) atoms. The number of carbonyl (C=O) groups is 1. The van der Waals surface area contributed by atoms with Gasteiger partial charge < -0.3 is 5.11 Å². The molecule has 0 saturated heterocycles. The molecule has 0 aliphatic rings. The minimum Gasteiger partial charge on any atom is -0.478 e. The van der Waals surface area contributed by atoms with E-state index in [0.29, 0.717) is 0 Å². The third-order valence-electron chi connectivity index (χ3n) is 1.84. The average Bonchev–Trinajstić information content (AvgIpc) is 2.62. The molecule has 0 aliphatic carbocycles. The van der Waals surface area contributed by atoms with Crippen molar-refractivity contribution in [2.75, 3.05) is 0 Å². The summed E-state index contributed by atoms with van der Waals surface area (Å²) in [5.41, 5.74) is 1.79. The third kappa shape index (κ3) is 1.65. The van der Waals surface area contributed by atoms with Gasteiger partial charge in [0.15, 0.2) is 0 Å². The third-order valence-corrected chi connectivity index (χ3v) is 2.49. The van der Waals surface area contributed by atoms with Gasteiger partial charge in [0.1, 0.15) is 0 Å². The Hall–Kier alpha value is -1.68. The van der Waals surface area contributed by atoms with Crippen molar-refractivity contribution < 1.29 is 9.90 Å². The van der Waals surface area contributed by atoms with E-state index >= 15 is 0 Å². The average molecular weight is 205 g/mol. The van der Waals surface area contributed by atoms with Crippen LogP contribution in [0, 0.1) is 0 Å². The number of rotatable bonds is 2. The van der Waals surface area contributed by atoms with Gasteiger partial charge >= 0.3 is 5.97 Å². The zero-order valence-electron chi connectivity index (χ0n) is 7.18. The Balaban J connectivity index is 2.51. The van der Waals surface area contributed by atoms with Crippen LogP contribution < -0.4 is 0 Å². The zero-order valence-corrected chi connectivity index (χ0v) is 7.99. The topological polar surface area (TPSA) is 50.2 Å². The van der Waals surface area contributed by atoms with Crippen LogP contribution in [-0.2, 0) is 4.79 Å². The van der Waals surface area contributed by atoms with Crippen molar-refractivity contribution in [2.45, 2.75) is 0 Å². The number of carboxylic acid groups (broad SMARTS) is 1. The van der Waals surface area contributed by atoms with Gasteiger partial charge in [0.05, 0.1) is 5.52 Å². The maximum absolute atomic E-state index is 10.3. The molecule has 1 aromatic carbocycles. The van der Waals surface area contributed by atoms with Crippen LogP contribution in [0.2, 0.25) is 0 Å². The molecule has 2 rings (SSSR count). The molecule has 4 heteroatoms. The highest BCUT2D eigenvalue weighted by molar-refractivity contribution is 7.04. The number of aliphatic carboxylic acids is 1. The molecule has 0 amide bonds. The minimum absolute atomic E-state index is 0.888. The van der Waals surface area contributed by atoms with Gasteiger partial charge in [-0.25, -0.2) is 4.79 Å². The highest BCUT2D eigenvalue weighted by atomic mass is 32.1. The molecule has 0 aliphatic heterocycles. The van der Waals surface area contributed by atoms with E-state index in [1.54, 1.807) is 6.08 Å². The molecule has 0 fully saturated rings. The molecular weight excluding hydrogens is 198 g/mol. The summed E-state index contributed by atoms with van der Waals surface area (Å²) in [6, 6.07) is 5.64. The SMILES string of the molecule is O=C(O)/C=C/c1cccc2nscc12. The van der Waals surface area contributed by atoms with Crippen molar-refractivity contribution in [3.63, 3.8) is 0 Å². The summed E-state index contributed by atoms with van der Waals surface area (Å²) < 4.78 is 4.17. The van der Waals surface area contributed by atoms with Crippen molar-refractivity contribution in [1.29, 1.82) is 0 Å². The first kappa shape index (κ1) is 8.90. The predicted molar refractivity (Wildman–Crippen MR) is 56.3 cm³/mol. The molecule has 70 valence electrons. The number of hydrogen-bond acceptors (Lipinski definition) is 3. The standard InChI is InChI=1S/C10H7NO2S/c12-10(13)5-4-7-2-1-3-9-8(7)6-14-11-9/h1-6H,(H,12,13)/b5-4+. The summed E-state index contributed by atoms with van der Waals surface area (Å²) in [5.74, 6) is -0.940. The highest BCUT2D eigenvalue weighted by Gasteiger charge is 1.99. The summed E-state index contributed by atoms with van der Waals surface area (Å²) in [5, 5.41) is 11.4. The molecule has 1 heterocycles. The van der Waals surface area contributed by atoms with Gasteiger partial charge in [0, 0.05) is 16.8 Å². The summed E-state index contributed by atoms with van der Waals surface area (Å²) >= 11 is 1.37. The first-order valence-corrected chi connectivity index (χ1v) is 4.85. The Morgan fingerprint density at radius 1 is 1.50 bits per heavy atom. The molecule has 0 unspecified atom stereocenters. The fourth-order valence-corrected chi connectivity index (χ4v) is 1.91. The van der Waals surface area contributed by atoms with Crippen LogP contribution in [-0.4, -0.2) is 15.4 Å². The lowest BCUT2D eigenvalue weighted by atomic mass is 10.1. The van der Waals surface area contributed by atoms with Crippen LogP contribution in [0.5, 0.6) is 0 Å². The maximum atomic E-state index is 10.3.